The Hall–Kier alpha value is -1.52. The first-order valence-electron chi connectivity index (χ1n) is 6.40. The van der Waals surface area contributed by atoms with Crippen molar-refractivity contribution in [1.29, 1.82) is 0 Å². The Bertz CT molecular complexity index is 439. The normalized spacial score (nSPS) is 20.4. The molecule has 0 radical (unpaired) electrons. The van der Waals surface area contributed by atoms with Crippen molar-refractivity contribution < 1.29 is 4.79 Å². The smallest absolute Gasteiger partial charge is 0.259 e. The first kappa shape index (κ1) is 12.9. The molecule has 5 nitrogen and oxygen atoms in total. The molecular formula is C13H22N4O. The molecule has 1 atom stereocenters. The summed E-state index contributed by atoms with van der Waals surface area (Å²) in [6.07, 6.45) is 1.06. The van der Waals surface area contributed by atoms with Gasteiger partial charge in [0, 0.05) is 18.8 Å². The SMILES string of the molecule is Cc1[nH]nc(N)c1C(=O)N1CCC(C(C)(C)C)C1. The number of likely N-dealkylation sites (tertiary alicyclic amines) is 1. The van der Waals surface area contributed by atoms with E-state index in [-0.39, 0.29) is 11.3 Å². The second-order valence-electron chi connectivity index (χ2n) is 6.21. The van der Waals surface area contributed by atoms with E-state index in [1.54, 1.807) is 0 Å². The van der Waals surface area contributed by atoms with Crippen LogP contribution < -0.4 is 5.73 Å². The van der Waals surface area contributed by atoms with Crippen LogP contribution in [-0.4, -0.2) is 34.1 Å². The zero-order valence-electron chi connectivity index (χ0n) is 11.6. The number of carbonyl (C=O) groups is 1. The van der Waals surface area contributed by atoms with Crippen molar-refractivity contribution >= 4 is 11.7 Å². The number of nitrogens with one attached hydrogen (secondary N) is 1. The second-order valence-corrected chi connectivity index (χ2v) is 6.21. The minimum Gasteiger partial charge on any atom is -0.382 e. The van der Waals surface area contributed by atoms with Crippen LogP contribution >= 0.6 is 0 Å². The number of hydrogen-bond acceptors (Lipinski definition) is 3. The molecule has 18 heavy (non-hydrogen) atoms. The van der Waals surface area contributed by atoms with Gasteiger partial charge in [-0.15, -0.1) is 0 Å². The van der Waals surface area contributed by atoms with Gasteiger partial charge >= 0.3 is 0 Å². The van der Waals surface area contributed by atoms with E-state index in [9.17, 15) is 4.79 Å². The molecule has 0 spiro atoms. The van der Waals surface area contributed by atoms with Crippen LogP contribution in [0.25, 0.3) is 0 Å². The lowest BCUT2D eigenvalue weighted by Gasteiger charge is -2.26. The van der Waals surface area contributed by atoms with E-state index in [0.717, 1.165) is 25.2 Å². The second kappa shape index (κ2) is 4.30. The highest BCUT2D eigenvalue weighted by molar-refractivity contribution is 5.99. The Balaban J connectivity index is 2.13. The molecule has 2 heterocycles. The van der Waals surface area contributed by atoms with Crippen molar-refractivity contribution in [3.05, 3.63) is 11.3 Å². The molecule has 5 heteroatoms. The molecule has 1 amide bonds. The molecule has 1 aromatic heterocycles. The van der Waals surface area contributed by atoms with E-state index in [1.807, 2.05) is 11.8 Å². The maximum atomic E-state index is 12.4. The number of carbonyl (C=O) groups excluding carboxylic acids is 1. The third kappa shape index (κ3) is 2.21. The van der Waals surface area contributed by atoms with E-state index >= 15 is 0 Å². The highest BCUT2D eigenvalue weighted by Gasteiger charge is 2.35. The van der Waals surface area contributed by atoms with Crippen LogP contribution in [-0.2, 0) is 0 Å². The average molecular weight is 250 g/mol. The zero-order chi connectivity index (χ0) is 13.5. The van der Waals surface area contributed by atoms with Crippen LogP contribution in [0.3, 0.4) is 0 Å². The summed E-state index contributed by atoms with van der Waals surface area (Å²) in [5.41, 5.74) is 7.26. The Labute approximate surface area is 108 Å². The number of nitrogens with two attached hydrogens (primary N) is 1. The fourth-order valence-corrected chi connectivity index (χ4v) is 2.53. The van der Waals surface area contributed by atoms with Gasteiger partial charge in [0.2, 0.25) is 0 Å². The summed E-state index contributed by atoms with van der Waals surface area (Å²) in [7, 11) is 0. The lowest BCUT2D eigenvalue weighted by molar-refractivity contribution is 0.0777. The fraction of sp³-hybridized carbons (Fsp3) is 0.692. The van der Waals surface area contributed by atoms with Crippen molar-refractivity contribution in [3.63, 3.8) is 0 Å². The predicted octanol–water partition coefficient (Wildman–Crippen LogP) is 1.81. The molecule has 1 aliphatic rings. The molecule has 3 N–H and O–H groups in total. The Kier molecular flexibility index (Phi) is 3.09. The van der Waals surface area contributed by atoms with Gasteiger partial charge in [0.25, 0.3) is 5.91 Å². The van der Waals surface area contributed by atoms with Crippen molar-refractivity contribution in [3.8, 4) is 0 Å². The van der Waals surface area contributed by atoms with Crippen LogP contribution in [0.1, 0.15) is 43.2 Å². The standard InChI is InChI=1S/C13H22N4O/c1-8-10(11(14)16-15-8)12(18)17-6-5-9(7-17)13(2,3)4/h9H,5-7H2,1-4H3,(H3,14,15,16). The molecule has 0 bridgehead atoms. The lowest BCUT2D eigenvalue weighted by atomic mass is 9.80. The number of hydrogen-bond donors (Lipinski definition) is 2. The zero-order valence-corrected chi connectivity index (χ0v) is 11.6. The van der Waals surface area contributed by atoms with Crippen molar-refractivity contribution in [2.75, 3.05) is 18.8 Å². The van der Waals surface area contributed by atoms with E-state index in [4.69, 9.17) is 5.73 Å². The maximum Gasteiger partial charge on any atom is 0.259 e. The van der Waals surface area contributed by atoms with E-state index < -0.39 is 0 Å². The molecule has 1 saturated heterocycles. The minimum atomic E-state index is 0.00509. The molecule has 100 valence electrons. The number of aromatic nitrogens is 2. The number of H-pyrrole nitrogens is 1. The highest BCUT2D eigenvalue weighted by Crippen LogP contribution is 2.34. The van der Waals surface area contributed by atoms with E-state index in [1.165, 1.54) is 0 Å². The van der Waals surface area contributed by atoms with Crippen molar-refractivity contribution in [2.24, 2.45) is 11.3 Å². The molecule has 0 aromatic carbocycles. The van der Waals surface area contributed by atoms with Gasteiger partial charge < -0.3 is 10.6 Å². The molecule has 1 unspecified atom stereocenters. The first-order valence-corrected chi connectivity index (χ1v) is 6.40. The highest BCUT2D eigenvalue weighted by atomic mass is 16.2. The van der Waals surface area contributed by atoms with Crippen LogP contribution in [0.5, 0.6) is 0 Å². The molecule has 1 aliphatic heterocycles. The van der Waals surface area contributed by atoms with Gasteiger partial charge in [-0.1, -0.05) is 20.8 Å². The number of nitrogens with zero attached hydrogens (tertiary/aromatic N) is 2. The van der Waals surface area contributed by atoms with E-state index in [2.05, 4.69) is 31.0 Å². The van der Waals surface area contributed by atoms with Crippen molar-refractivity contribution in [2.45, 2.75) is 34.1 Å². The monoisotopic (exact) mass is 250 g/mol. The van der Waals surface area contributed by atoms with Crippen LogP contribution in [0.2, 0.25) is 0 Å². The first-order chi connectivity index (χ1) is 8.30. The third-order valence-corrected chi connectivity index (χ3v) is 3.89. The molecule has 2 rings (SSSR count). The fourth-order valence-electron chi connectivity index (χ4n) is 2.53. The van der Waals surface area contributed by atoms with Gasteiger partial charge in [-0.2, -0.15) is 5.10 Å². The average Bonchev–Trinajstić information content (AvgIpc) is 2.84. The van der Waals surface area contributed by atoms with Crippen LogP contribution in [0.4, 0.5) is 5.82 Å². The summed E-state index contributed by atoms with van der Waals surface area (Å²) in [6, 6.07) is 0. The quantitative estimate of drug-likeness (QED) is 0.798. The number of aryl methyl sites for hydroxylation is 1. The summed E-state index contributed by atoms with van der Waals surface area (Å²) in [4.78, 5) is 14.3. The topological polar surface area (TPSA) is 75.0 Å². The van der Waals surface area contributed by atoms with Gasteiger partial charge in [-0.3, -0.25) is 9.89 Å². The van der Waals surface area contributed by atoms with Crippen molar-refractivity contribution in [1.82, 2.24) is 15.1 Å². The number of rotatable bonds is 1. The lowest BCUT2D eigenvalue weighted by Crippen LogP contribution is -2.31. The van der Waals surface area contributed by atoms with Gasteiger partial charge in [0.05, 0.1) is 0 Å². The molecule has 0 aliphatic carbocycles. The van der Waals surface area contributed by atoms with Gasteiger partial charge in [-0.25, -0.2) is 0 Å². The predicted molar refractivity (Wildman–Crippen MR) is 71.2 cm³/mol. The molecular weight excluding hydrogens is 228 g/mol. The largest absolute Gasteiger partial charge is 0.382 e. The Morgan fingerprint density at radius 3 is 2.61 bits per heavy atom. The number of anilines is 1. The summed E-state index contributed by atoms with van der Waals surface area (Å²) < 4.78 is 0. The molecule has 1 aromatic rings. The molecule has 0 saturated carbocycles. The number of nitrogen functional groups attached to an aromatic ring is 1. The van der Waals surface area contributed by atoms with Gasteiger partial charge in [0.15, 0.2) is 5.82 Å². The minimum absolute atomic E-state index is 0.00509. The molecule has 1 fully saturated rings. The Morgan fingerprint density at radius 1 is 1.50 bits per heavy atom. The van der Waals surface area contributed by atoms with Gasteiger partial charge in [0.1, 0.15) is 5.56 Å². The third-order valence-electron chi connectivity index (χ3n) is 3.89. The van der Waals surface area contributed by atoms with Gasteiger partial charge in [-0.05, 0) is 24.7 Å². The maximum absolute atomic E-state index is 12.4. The summed E-state index contributed by atoms with van der Waals surface area (Å²) in [6.45, 7) is 10.1. The number of amides is 1. The number of aromatic amines is 1. The summed E-state index contributed by atoms with van der Waals surface area (Å²) in [5.74, 6) is 0.858. The van der Waals surface area contributed by atoms with Crippen LogP contribution in [0.15, 0.2) is 0 Å². The van der Waals surface area contributed by atoms with E-state index in [0.29, 0.717) is 17.3 Å². The Morgan fingerprint density at radius 2 is 2.17 bits per heavy atom. The summed E-state index contributed by atoms with van der Waals surface area (Å²) >= 11 is 0. The van der Waals surface area contributed by atoms with Crippen LogP contribution in [0, 0.1) is 18.3 Å². The summed E-state index contributed by atoms with van der Waals surface area (Å²) in [5, 5.41) is 6.64.